The predicted octanol–water partition coefficient (Wildman–Crippen LogP) is 5.86. The Morgan fingerprint density at radius 3 is 2.75 bits per heavy atom. The molecule has 2 aliphatic rings. The first-order valence-corrected chi connectivity index (χ1v) is 8.58. The molecule has 0 heterocycles. The van der Waals surface area contributed by atoms with Gasteiger partial charge in [0.2, 0.25) is 0 Å². The van der Waals surface area contributed by atoms with Gasteiger partial charge in [0.25, 0.3) is 0 Å². The Labute approximate surface area is 125 Å². The summed E-state index contributed by atoms with van der Waals surface area (Å²) in [4.78, 5) is 4.89. The summed E-state index contributed by atoms with van der Waals surface area (Å²) in [5, 5.41) is 0. The molecule has 0 aliphatic heterocycles. The highest BCUT2D eigenvalue weighted by Crippen LogP contribution is 2.27. The molecular formula is C19H31N. The van der Waals surface area contributed by atoms with Crippen LogP contribution in [-0.4, -0.2) is 12.3 Å². The van der Waals surface area contributed by atoms with E-state index in [0.717, 1.165) is 0 Å². The third-order valence-electron chi connectivity index (χ3n) is 4.60. The van der Waals surface area contributed by atoms with Crippen molar-refractivity contribution in [1.82, 2.24) is 0 Å². The van der Waals surface area contributed by atoms with E-state index in [2.05, 4.69) is 32.2 Å². The first-order valence-electron chi connectivity index (χ1n) is 8.58. The van der Waals surface area contributed by atoms with Gasteiger partial charge in [-0.25, -0.2) is 0 Å². The van der Waals surface area contributed by atoms with Gasteiger partial charge >= 0.3 is 0 Å². The molecule has 0 spiro atoms. The normalized spacial score (nSPS) is 24.7. The zero-order chi connectivity index (χ0) is 14.2. The van der Waals surface area contributed by atoms with E-state index in [1.807, 2.05) is 0 Å². The fourth-order valence-corrected chi connectivity index (χ4v) is 3.37. The fourth-order valence-electron chi connectivity index (χ4n) is 3.37. The molecule has 1 unspecified atom stereocenters. The zero-order valence-corrected chi connectivity index (χ0v) is 13.4. The van der Waals surface area contributed by atoms with Gasteiger partial charge in [-0.3, -0.25) is 4.99 Å². The second-order valence-electron chi connectivity index (χ2n) is 6.81. The van der Waals surface area contributed by atoms with E-state index in [1.165, 1.54) is 69.8 Å². The zero-order valence-electron chi connectivity index (χ0n) is 13.4. The third kappa shape index (κ3) is 5.64. The van der Waals surface area contributed by atoms with Crippen LogP contribution in [0.5, 0.6) is 0 Å². The minimum atomic E-state index is 0.642. The van der Waals surface area contributed by atoms with E-state index in [9.17, 15) is 0 Å². The van der Waals surface area contributed by atoms with E-state index in [1.54, 1.807) is 5.57 Å². The molecule has 1 nitrogen and oxygen atoms in total. The van der Waals surface area contributed by atoms with Gasteiger partial charge in [-0.2, -0.15) is 0 Å². The maximum atomic E-state index is 4.89. The maximum absolute atomic E-state index is 4.89. The number of rotatable bonds is 5. The van der Waals surface area contributed by atoms with Gasteiger partial charge in [0.1, 0.15) is 0 Å². The third-order valence-corrected chi connectivity index (χ3v) is 4.60. The number of allylic oxidation sites excluding steroid dienone is 4. The van der Waals surface area contributed by atoms with Crippen LogP contribution in [0.25, 0.3) is 0 Å². The molecule has 1 saturated carbocycles. The van der Waals surface area contributed by atoms with E-state index >= 15 is 0 Å². The Kier molecular flexibility index (Phi) is 6.56. The second kappa shape index (κ2) is 8.44. The lowest BCUT2D eigenvalue weighted by atomic mass is 9.87. The SMILES string of the molecule is CC(C)=CCCC1=CCCC(C=NC2CCCCC2)C1. The van der Waals surface area contributed by atoms with E-state index < -0.39 is 0 Å². The highest BCUT2D eigenvalue weighted by atomic mass is 14.8. The molecule has 0 bridgehead atoms. The van der Waals surface area contributed by atoms with Crippen molar-refractivity contribution in [3.63, 3.8) is 0 Å². The molecule has 0 aromatic rings. The average molecular weight is 273 g/mol. The van der Waals surface area contributed by atoms with Gasteiger partial charge in [0.15, 0.2) is 0 Å². The van der Waals surface area contributed by atoms with E-state index in [0.29, 0.717) is 12.0 Å². The molecule has 0 saturated heterocycles. The Morgan fingerprint density at radius 2 is 2.00 bits per heavy atom. The fraction of sp³-hybridized carbons (Fsp3) is 0.737. The molecule has 0 aromatic heterocycles. The van der Waals surface area contributed by atoms with Gasteiger partial charge in [-0.15, -0.1) is 0 Å². The van der Waals surface area contributed by atoms with Gasteiger partial charge in [-0.1, -0.05) is 42.6 Å². The molecule has 2 rings (SSSR count). The minimum Gasteiger partial charge on any atom is -0.294 e. The van der Waals surface area contributed by atoms with Crippen molar-refractivity contribution in [2.45, 2.75) is 84.1 Å². The first kappa shape index (κ1) is 15.5. The smallest absolute Gasteiger partial charge is 0.0495 e. The summed E-state index contributed by atoms with van der Waals surface area (Å²) in [5.41, 5.74) is 3.10. The van der Waals surface area contributed by atoms with Crippen LogP contribution in [0, 0.1) is 5.92 Å². The van der Waals surface area contributed by atoms with Crippen LogP contribution in [0.4, 0.5) is 0 Å². The number of nitrogens with zero attached hydrogens (tertiary/aromatic N) is 1. The van der Waals surface area contributed by atoms with Crippen molar-refractivity contribution in [1.29, 1.82) is 0 Å². The minimum absolute atomic E-state index is 0.642. The average Bonchev–Trinajstić information content (AvgIpc) is 2.46. The number of aliphatic imine (C=N–C) groups is 1. The molecule has 0 amide bonds. The lowest BCUT2D eigenvalue weighted by Crippen LogP contribution is -2.13. The van der Waals surface area contributed by atoms with Crippen LogP contribution in [0.15, 0.2) is 28.3 Å². The Hall–Kier alpha value is -0.850. The van der Waals surface area contributed by atoms with Crippen LogP contribution >= 0.6 is 0 Å². The van der Waals surface area contributed by atoms with Crippen molar-refractivity contribution in [3.05, 3.63) is 23.3 Å². The summed E-state index contributed by atoms with van der Waals surface area (Å²) >= 11 is 0. The van der Waals surface area contributed by atoms with Crippen LogP contribution in [0.1, 0.15) is 78.1 Å². The van der Waals surface area contributed by atoms with E-state index in [4.69, 9.17) is 4.99 Å². The molecule has 20 heavy (non-hydrogen) atoms. The molecule has 0 radical (unpaired) electrons. The second-order valence-corrected chi connectivity index (χ2v) is 6.81. The maximum Gasteiger partial charge on any atom is 0.0495 e. The number of hydrogen-bond acceptors (Lipinski definition) is 1. The summed E-state index contributed by atoms with van der Waals surface area (Å²) in [5.74, 6) is 0.712. The molecule has 1 heteroatoms. The highest BCUT2D eigenvalue weighted by Gasteiger charge is 2.15. The summed E-state index contributed by atoms with van der Waals surface area (Å²) < 4.78 is 0. The van der Waals surface area contributed by atoms with Gasteiger partial charge in [0.05, 0.1) is 0 Å². The molecular weight excluding hydrogens is 242 g/mol. The number of hydrogen-bond donors (Lipinski definition) is 0. The predicted molar refractivity (Wildman–Crippen MR) is 89.5 cm³/mol. The van der Waals surface area contributed by atoms with Crippen molar-refractivity contribution < 1.29 is 0 Å². The Morgan fingerprint density at radius 1 is 1.20 bits per heavy atom. The summed E-state index contributed by atoms with van der Waals surface area (Å²) in [6.45, 7) is 4.38. The molecule has 1 fully saturated rings. The Bertz CT molecular complexity index is 365. The van der Waals surface area contributed by atoms with Crippen LogP contribution in [0.3, 0.4) is 0 Å². The summed E-state index contributed by atoms with van der Waals surface area (Å²) in [7, 11) is 0. The molecule has 1 atom stereocenters. The Balaban J connectivity index is 1.75. The topological polar surface area (TPSA) is 12.4 Å². The quantitative estimate of drug-likeness (QED) is 0.439. The van der Waals surface area contributed by atoms with Crippen LogP contribution in [0.2, 0.25) is 0 Å². The van der Waals surface area contributed by atoms with Gasteiger partial charge < -0.3 is 0 Å². The van der Waals surface area contributed by atoms with E-state index in [-0.39, 0.29) is 0 Å². The van der Waals surface area contributed by atoms with Gasteiger partial charge in [0, 0.05) is 12.3 Å². The largest absolute Gasteiger partial charge is 0.294 e. The van der Waals surface area contributed by atoms with Crippen molar-refractivity contribution in [2.24, 2.45) is 10.9 Å². The lowest BCUT2D eigenvalue weighted by Gasteiger charge is -2.21. The van der Waals surface area contributed by atoms with Crippen molar-refractivity contribution in [3.8, 4) is 0 Å². The summed E-state index contributed by atoms with van der Waals surface area (Å²) in [6, 6.07) is 0.642. The molecule has 0 N–H and O–H groups in total. The first-order chi connectivity index (χ1) is 9.74. The van der Waals surface area contributed by atoms with Gasteiger partial charge in [-0.05, 0) is 64.7 Å². The summed E-state index contributed by atoms with van der Waals surface area (Å²) in [6.07, 6.45) is 20.3. The van der Waals surface area contributed by atoms with Crippen LogP contribution < -0.4 is 0 Å². The van der Waals surface area contributed by atoms with Crippen molar-refractivity contribution >= 4 is 6.21 Å². The van der Waals surface area contributed by atoms with Crippen molar-refractivity contribution in [2.75, 3.05) is 0 Å². The monoisotopic (exact) mass is 273 g/mol. The highest BCUT2D eigenvalue weighted by molar-refractivity contribution is 5.62. The lowest BCUT2D eigenvalue weighted by molar-refractivity contribution is 0.441. The molecule has 0 aromatic carbocycles. The molecule has 2 aliphatic carbocycles. The standard InChI is InChI=1S/C19H31N/c1-16(2)8-6-9-17-10-7-11-18(14-17)15-20-19-12-4-3-5-13-19/h8,10,15,18-19H,3-7,9,11-14H2,1-2H3. The molecule has 112 valence electrons. The van der Waals surface area contributed by atoms with Crippen LogP contribution in [-0.2, 0) is 0 Å².